The molecule has 1 saturated carbocycles. The molecule has 0 aromatic heterocycles. The summed E-state index contributed by atoms with van der Waals surface area (Å²) in [5.74, 6) is 1.92. The van der Waals surface area contributed by atoms with E-state index in [1.54, 1.807) is 0 Å². The van der Waals surface area contributed by atoms with Crippen molar-refractivity contribution in [1.29, 1.82) is 0 Å². The highest BCUT2D eigenvalue weighted by atomic mass is 127. The molecule has 0 radical (unpaired) electrons. The molecular weight excluding hydrogens is 261 g/mol. The van der Waals surface area contributed by atoms with Crippen LogP contribution >= 0.6 is 22.9 Å². The quantitative estimate of drug-likeness (QED) is 0.526. The molecule has 1 spiro atoms. The van der Waals surface area contributed by atoms with Gasteiger partial charge in [-0.3, -0.25) is 0 Å². The SMILES string of the molecule is CC(C)C1CCN(I)CC12CC2. The van der Waals surface area contributed by atoms with Gasteiger partial charge in [-0.1, -0.05) is 13.8 Å². The highest BCUT2D eigenvalue weighted by Crippen LogP contribution is 2.58. The summed E-state index contributed by atoms with van der Waals surface area (Å²) >= 11 is 2.49. The monoisotopic (exact) mass is 279 g/mol. The summed E-state index contributed by atoms with van der Waals surface area (Å²) < 4.78 is 2.49. The van der Waals surface area contributed by atoms with Crippen molar-refractivity contribution in [1.82, 2.24) is 3.11 Å². The van der Waals surface area contributed by atoms with E-state index in [0.29, 0.717) is 0 Å². The van der Waals surface area contributed by atoms with Gasteiger partial charge in [0, 0.05) is 36.0 Å². The van der Waals surface area contributed by atoms with Crippen LogP contribution in [0.1, 0.15) is 33.1 Å². The van der Waals surface area contributed by atoms with E-state index in [2.05, 4.69) is 39.8 Å². The number of piperidine rings is 1. The molecule has 2 rings (SSSR count). The van der Waals surface area contributed by atoms with E-state index in [-0.39, 0.29) is 0 Å². The average molecular weight is 279 g/mol. The van der Waals surface area contributed by atoms with E-state index in [4.69, 9.17) is 0 Å². The second-order valence-electron chi connectivity index (χ2n) is 4.85. The van der Waals surface area contributed by atoms with E-state index < -0.39 is 0 Å². The summed E-state index contributed by atoms with van der Waals surface area (Å²) in [5.41, 5.74) is 0.758. The fourth-order valence-electron chi connectivity index (χ4n) is 2.85. The second kappa shape index (κ2) is 3.12. The summed E-state index contributed by atoms with van der Waals surface area (Å²) in [7, 11) is 0. The molecule has 1 unspecified atom stereocenters. The Morgan fingerprint density at radius 2 is 2.08 bits per heavy atom. The molecule has 1 atom stereocenters. The lowest BCUT2D eigenvalue weighted by molar-refractivity contribution is 0.139. The summed E-state index contributed by atoms with van der Waals surface area (Å²) in [6.07, 6.45) is 4.42. The molecule has 1 aliphatic heterocycles. The van der Waals surface area contributed by atoms with E-state index in [9.17, 15) is 0 Å². The van der Waals surface area contributed by atoms with Crippen molar-refractivity contribution in [3.05, 3.63) is 0 Å². The van der Waals surface area contributed by atoms with Crippen molar-refractivity contribution >= 4 is 22.9 Å². The molecule has 0 aromatic rings. The van der Waals surface area contributed by atoms with Crippen LogP contribution in [0.4, 0.5) is 0 Å². The van der Waals surface area contributed by atoms with E-state index in [1.165, 1.54) is 32.4 Å². The molecule has 2 aliphatic rings. The minimum atomic E-state index is 0.758. The Labute approximate surface area is 89.4 Å². The third-order valence-corrected chi connectivity index (χ3v) is 4.48. The zero-order valence-electron chi connectivity index (χ0n) is 8.02. The van der Waals surface area contributed by atoms with E-state index in [0.717, 1.165) is 17.3 Å². The number of hydrogen-bond donors (Lipinski definition) is 0. The van der Waals surface area contributed by atoms with Crippen LogP contribution in [-0.4, -0.2) is 16.2 Å². The Kier molecular flexibility index (Phi) is 2.41. The summed E-state index contributed by atoms with van der Waals surface area (Å²) in [5, 5.41) is 0. The Balaban J connectivity index is 2.05. The Bertz CT molecular complexity index is 175. The molecule has 2 heteroatoms. The van der Waals surface area contributed by atoms with Gasteiger partial charge in [0.2, 0.25) is 0 Å². The molecule has 1 saturated heterocycles. The molecule has 1 heterocycles. The van der Waals surface area contributed by atoms with Crippen molar-refractivity contribution in [2.24, 2.45) is 17.3 Å². The van der Waals surface area contributed by atoms with Gasteiger partial charge in [-0.15, -0.1) is 0 Å². The first kappa shape index (κ1) is 9.25. The number of rotatable bonds is 1. The zero-order valence-corrected chi connectivity index (χ0v) is 10.2. The van der Waals surface area contributed by atoms with Gasteiger partial charge in [0.25, 0.3) is 0 Å². The smallest absolute Gasteiger partial charge is 0.0201 e. The van der Waals surface area contributed by atoms with Gasteiger partial charge in [-0.25, -0.2) is 3.11 Å². The van der Waals surface area contributed by atoms with E-state index in [1.807, 2.05) is 0 Å². The Morgan fingerprint density at radius 3 is 2.58 bits per heavy atom. The maximum Gasteiger partial charge on any atom is 0.0201 e. The predicted octanol–water partition coefficient (Wildman–Crippen LogP) is 3.09. The Morgan fingerprint density at radius 1 is 1.42 bits per heavy atom. The van der Waals surface area contributed by atoms with Crippen LogP contribution in [0.25, 0.3) is 0 Å². The lowest BCUT2D eigenvalue weighted by Crippen LogP contribution is -2.38. The maximum atomic E-state index is 2.49. The number of nitrogens with zero attached hydrogens (tertiary/aromatic N) is 1. The second-order valence-corrected chi connectivity index (χ2v) is 6.21. The lowest BCUT2D eigenvalue weighted by Gasteiger charge is -2.38. The first-order valence-corrected chi connectivity index (χ1v) is 6.01. The molecule has 0 N–H and O–H groups in total. The zero-order chi connectivity index (χ0) is 8.77. The Hall–Kier alpha value is 0.690. The first-order valence-electron chi connectivity index (χ1n) is 5.05. The van der Waals surface area contributed by atoms with Gasteiger partial charge in [0.15, 0.2) is 0 Å². The topological polar surface area (TPSA) is 3.24 Å². The van der Waals surface area contributed by atoms with Crippen molar-refractivity contribution in [2.45, 2.75) is 33.1 Å². The van der Waals surface area contributed by atoms with Crippen LogP contribution in [0.5, 0.6) is 0 Å². The highest BCUT2D eigenvalue weighted by Gasteiger charge is 2.52. The van der Waals surface area contributed by atoms with Crippen LogP contribution < -0.4 is 0 Å². The van der Waals surface area contributed by atoms with Crippen molar-refractivity contribution in [3.8, 4) is 0 Å². The third kappa shape index (κ3) is 1.52. The first-order chi connectivity index (χ1) is 5.64. The van der Waals surface area contributed by atoms with Gasteiger partial charge in [0.1, 0.15) is 0 Å². The van der Waals surface area contributed by atoms with Gasteiger partial charge >= 0.3 is 0 Å². The van der Waals surface area contributed by atoms with Crippen molar-refractivity contribution in [2.75, 3.05) is 13.1 Å². The standard InChI is InChI=1S/C10H18IN/c1-8(2)9-3-6-12(11)7-10(9)4-5-10/h8-9H,3-7H2,1-2H3. The van der Waals surface area contributed by atoms with Gasteiger partial charge in [0.05, 0.1) is 0 Å². The molecule has 70 valence electrons. The van der Waals surface area contributed by atoms with Crippen LogP contribution in [0.15, 0.2) is 0 Å². The van der Waals surface area contributed by atoms with E-state index >= 15 is 0 Å². The largest absolute Gasteiger partial charge is 0.247 e. The normalized spacial score (nSPS) is 34.5. The fourth-order valence-corrected chi connectivity index (χ4v) is 3.81. The molecule has 0 amide bonds. The van der Waals surface area contributed by atoms with Crippen molar-refractivity contribution in [3.63, 3.8) is 0 Å². The predicted molar refractivity (Wildman–Crippen MR) is 60.2 cm³/mol. The van der Waals surface area contributed by atoms with Gasteiger partial charge in [-0.05, 0) is 36.5 Å². The third-order valence-electron chi connectivity index (χ3n) is 3.65. The molecule has 0 bridgehead atoms. The minimum absolute atomic E-state index is 0.758. The summed E-state index contributed by atoms with van der Waals surface area (Å²) in [6.45, 7) is 7.46. The summed E-state index contributed by atoms with van der Waals surface area (Å²) in [4.78, 5) is 0. The van der Waals surface area contributed by atoms with Crippen LogP contribution in [0.3, 0.4) is 0 Å². The average Bonchev–Trinajstić information content (AvgIpc) is 2.68. The van der Waals surface area contributed by atoms with Crippen LogP contribution in [0.2, 0.25) is 0 Å². The van der Waals surface area contributed by atoms with Crippen LogP contribution in [0, 0.1) is 17.3 Å². The summed E-state index contributed by atoms with van der Waals surface area (Å²) in [6, 6.07) is 0. The maximum absolute atomic E-state index is 2.49. The van der Waals surface area contributed by atoms with Crippen LogP contribution in [-0.2, 0) is 0 Å². The van der Waals surface area contributed by atoms with Gasteiger partial charge < -0.3 is 0 Å². The van der Waals surface area contributed by atoms with Crippen molar-refractivity contribution < 1.29 is 0 Å². The molecule has 0 aromatic carbocycles. The number of hydrogen-bond acceptors (Lipinski definition) is 1. The number of halogens is 1. The fraction of sp³-hybridized carbons (Fsp3) is 1.00. The van der Waals surface area contributed by atoms with Gasteiger partial charge in [-0.2, -0.15) is 0 Å². The molecular formula is C10H18IN. The highest BCUT2D eigenvalue weighted by molar-refractivity contribution is 14.1. The molecule has 1 aliphatic carbocycles. The molecule has 2 fully saturated rings. The molecule has 1 nitrogen and oxygen atoms in total. The molecule has 12 heavy (non-hydrogen) atoms. The minimum Gasteiger partial charge on any atom is -0.247 e. The lowest BCUT2D eigenvalue weighted by atomic mass is 9.76.